The SMILES string of the molecule is CC1(C(F)F)CC1C(=O)NC(Cc1ccccc1)c1ccccc1F. The molecule has 1 fully saturated rings. The first-order valence-corrected chi connectivity index (χ1v) is 8.28. The molecule has 0 radical (unpaired) electrons. The molecule has 3 atom stereocenters. The van der Waals surface area contributed by atoms with E-state index in [1.54, 1.807) is 18.2 Å². The van der Waals surface area contributed by atoms with Crippen molar-refractivity contribution in [1.29, 1.82) is 0 Å². The second kappa shape index (κ2) is 6.90. The van der Waals surface area contributed by atoms with Gasteiger partial charge >= 0.3 is 0 Å². The molecule has 0 saturated heterocycles. The van der Waals surface area contributed by atoms with Crippen LogP contribution in [0.4, 0.5) is 13.2 Å². The zero-order valence-electron chi connectivity index (χ0n) is 13.9. The molecule has 3 rings (SSSR count). The summed E-state index contributed by atoms with van der Waals surface area (Å²) in [6.45, 7) is 1.41. The number of alkyl halides is 2. The predicted octanol–water partition coefficient (Wildman–Crippen LogP) is 4.52. The standard InChI is InChI=1S/C20H20F3NO/c1-20(19(22)23)12-15(20)18(25)24-17(11-13-7-3-2-4-8-13)14-9-5-6-10-16(14)21/h2-10,15,17,19H,11-12H2,1H3,(H,24,25). The Morgan fingerprint density at radius 1 is 1.16 bits per heavy atom. The first-order valence-electron chi connectivity index (χ1n) is 8.28. The van der Waals surface area contributed by atoms with Crippen LogP contribution in [0.3, 0.4) is 0 Å². The van der Waals surface area contributed by atoms with Crippen LogP contribution in [0.25, 0.3) is 0 Å². The van der Waals surface area contributed by atoms with Gasteiger partial charge < -0.3 is 5.32 Å². The van der Waals surface area contributed by atoms with Gasteiger partial charge in [-0.15, -0.1) is 0 Å². The van der Waals surface area contributed by atoms with Crippen molar-refractivity contribution in [2.75, 3.05) is 0 Å². The first kappa shape index (κ1) is 17.5. The summed E-state index contributed by atoms with van der Waals surface area (Å²) in [5.74, 6) is -1.58. The molecule has 0 spiro atoms. The van der Waals surface area contributed by atoms with Gasteiger partial charge in [0.15, 0.2) is 0 Å². The fourth-order valence-corrected chi connectivity index (χ4v) is 3.13. The molecular weight excluding hydrogens is 327 g/mol. The number of benzene rings is 2. The maximum Gasteiger partial charge on any atom is 0.244 e. The Morgan fingerprint density at radius 2 is 1.80 bits per heavy atom. The van der Waals surface area contributed by atoms with Crippen LogP contribution in [0.1, 0.15) is 30.5 Å². The van der Waals surface area contributed by atoms with E-state index >= 15 is 0 Å². The minimum Gasteiger partial charge on any atom is -0.349 e. The van der Waals surface area contributed by atoms with Gasteiger partial charge in [-0.25, -0.2) is 13.2 Å². The summed E-state index contributed by atoms with van der Waals surface area (Å²) in [7, 11) is 0. The quantitative estimate of drug-likeness (QED) is 0.818. The highest BCUT2D eigenvalue weighted by atomic mass is 19.3. The molecule has 1 aliphatic rings. The van der Waals surface area contributed by atoms with Crippen molar-refractivity contribution in [2.24, 2.45) is 11.3 Å². The second-order valence-electron chi connectivity index (χ2n) is 6.84. The van der Waals surface area contributed by atoms with Gasteiger partial charge in [0, 0.05) is 16.9 Å². The van der Waals surface area contributed by atoms with E-state index < -0.39 is 35.5 Å². The summed E-state index contributed by atoms with van der Waals surface area (Å²) in [5, 5.41) is 2.78. The summed E-state index contributed by atoms with van der Waals surface area (Å²) in [5.41, 5.74) is 0.0268. The monoisotopic (exact) mass is 347 g/mol. The number of carbonyl (C=O) groups is 1. The first-order chi connectivity index (χ1) is 11.9. The lowest BCUT2D eigenvalue weighted by Crippen LogP contribution is -2.33. The van der Waals surface area contributed by atoms with Gasteiger partial charge in [0.2, 0.25) is 12.3 Å². The van der Waals surface area contributed by atoms with E-state index in [2.05, 4.69) is 5.32 Å². The Balaban J connectivity index is 1.80. The van der Waals surface area contributed by atoms with E-state index in [0.29, 0.717) is 12.0 Å². The number of hydrogen-bond donors (Lipinski definition) is 1. The molecule has 0 bridgehead atoms. The minimum atomic E-state index is -2.54. The van der Waals surface area contributed by atoms with Gasteiger partial charge in [-0.05, 0) is 24.5 Å². The summed E-state index contributed by atoms with van der Waals surface area (Å²) >= 11 is 0. The molecule has 0 heterocycles. The lowest BCUT2D eigenvalue weighted by atomic mass is 9.97. The van der Waals surface area contributed by atoms with E-state index in [4.69, 9.17) is 0 Å². The third-order valence-electron chi connectivity index (χ3n) is 4.97. The van der Waals surface area contributed by atoms with Crippen LogP contribution in [-0.4, -0.2) is 12.3 Å². The average molecular weight is 347 g/mol. The van der Waals surface area contributed by atoms with Gasteiger partial charge in [0.05, 0.1) is 6.04 Å². The van der Waals surface area contributed by atoms with Crippen molar-refractivity contribution in [2.45, 2.75) is 32.2 Å². The Hall–Kier alpha value is -2.30. The third-order valence-corrected chi connectivity index (χ3v) is 4.97. The molecule has 25 heavy (non-hydrogen) atoms. The van der Waals surface area contributed by atoms with Gasteiger partial charge in [0.25, 0.3) is 0 Å². The zero-order valence-corrected chi connectivity index (χ0v) is 13.9. The van der Waals surface area contributed by atoms with Crippen LogP contribution in [-0.2, 0) is 11.2 Å². The molecule has 2 nitrogen and oxygen atoms in total. The van der Waals surface area contributed by atoms with Crippen LogP contribution in [0, 0.1) is 17.2 Å². The molecule has 2 aromatic rings. The summed E-state index contributed by atoms with van der Waals surface area (Å²) in [6, 6.07) is 15.0. The molecule has 5 heteroatoms. The highest BCUT2D eigenvalue weighted by Gasteiger charge is 2.60. The molecule has 132 valence electrons. The molecule has 1 N–H and O–H groups in total. The molecule has 3 unspecified atom stereocenters. The van der Waals surface area contributed by atoms with Crippen molar-refractivity contribution >= 4 is 5.91 Å². The van der Waals surface area contributed by atoms with Crippen molar-refractivity contribution in [3.63, 3.8) is 0 Å². The van der Waals surface area contributed by atoms with Crippen LogP contribution in [0.2, 0.25) is 0 Å². The molecule has 1 saturated carbocycles. The van der Waals surface area contributed by atoms with Crippen LogP contribution in [0.5, 0.6) is 0 Å². The fourth-order valence-electron chi connectivity index (χ4n) is 3.13. The maximum absolute atomic E-state index is 14.2. The molecular formula is C20H20F3NO. The lowest BCUT2D eigenvalue weighted by molar-refractivity contribution is -0.124. The number of hydrogen-bond acceptors (Lipinski definition) is 1. The van der Waals surface area contributed by atoms with Gasteiger partial charge in [-0.2, -0.15) is 0 Å². The van der Waals surface area contributed by atoms with Crippen molar-refractivity contribution in [3.05, 3.63) is 71.5 Å². The van der Waals surface area contributed by atoms with Crippen LogP contribution < -0.4 is 5.32 Å². The third kappa shape index (κ3) is 3.70. The molecule has 1 aliphatic carbocycles. The summed E-state index contributed by atoms with van der Waals surface area (Å²) in [6.07, 6.45) is -1.98. The molecule has 1 amide bonds. The fraction of sp³-hybridized carbons (Fsp3) is 0.350. The number of halogens is 3. The smallest absolute Gasteiger partial charge is 0.244 e. The Morgan fingerprint density at radius 3 is 2.40 bits per heavy atom. The van der Waals surface area contributed by atoms with Gasteiger partial charge in [-0.1, -0.05) is 55.5 Å². The Labute approximate surface area is 145 Å². The topological polar surface area (TPSA) is 29.1 Å². The van der Waals surface area contributed by atoms with Crippen molar-refractivity contribution in [1.82, 2.24) is 5.32 Å². The number of amides is 1. The highest BCUT2D eigenvalue weighted by Crippen LogP contribution is 2.56. The molecule has 0 aliphatic heterocycles. The van der Waals surface area contributed by atoms with Crippen molar-refractivity contribution < 1.29 is 18.0 Å². The van der Waals surface area contributed by atoms with Crippen LogP contribution >= 0.6 is 0 Å². The Kier molecular flexibility index (Phi) is 4.84. The molecule has 2 aromatic carbocycles. The van der Waals surface area contributed by atoms with E-state index in [1.807, 2.05) is 30.3 Å². The van der Waals surface area contributed by atoms with E-state index in [0.717, 1.165) is 5.56 Å². The predicted molar refractivity (Wildman–Crippen MR) is 89.6 cm³/mol. The number of rotatable bonds is 6. The largest absolute Gasteiger partial charge is 0.349 e. The second-order valence-corrected chi connectivity index (χ2v) is 6.84. The van der Waals surface area contributed by atoms with Gasteiger partial charge in [0.1, 0.15) is 5.82 Å². The number of nitrogens with one attached hydrogen (secondary N) is 1. The summed E-state index contributed by atoms with van der Waals surface area (Å²) < 4.78 is 40.3. The zero-order chi connectivity index (χ0) is 18.0. The van der Waals surface area contributed by atoms with E-state index in [9.17, 15) is 18.0 Å². The average Bonchev–Trinajstić information content (AvgIpc) is 3.29. The molecule has 0 aromatic heterocycles. The lowest BCUT2D eigenvalue weighted by Gasteiger charge is -2.21. The maximum atomic E-state index is 14.2. The number of carbonyl (C=O) groups excluding carboxylic acids is 1. The van der Waals surface area contributed by atoms with Crippen LogP contribution in [0.15, 0.2) is 54.6 Å². The van der Waals surface area contributed by atoms with Gasteiger partial charge in [-0.3, -0.25) is 4.79 Å². The van der Waals surface area contributed by atoms with Crippen molar-refractivity contribution in [3.8, 4) is 0 Å². The highest BCUT2D eigenvalue weighted by molar-refractivity contribution is 5.83. The normalized spacial score (nSPS) is 23.3. The summed E-state index contributed by atoms with van der Waals surface area (Å²) in [4.78, 5) is 12.4. The van der Waals surface area contributed by atoms with E-state index in [-0.39, 0.29) is 6.42 Å². The minimum absolute atomic E-state index is 0.159. The van der Waals surface area contributed by atoms with E-state index in [1.165, 1.54) is 13.0 Å². The Bertz CT molecular complexity index is 750.